The van der Waals surface area contributed by atoms with Crippen molar-refractivity contribution in [2.75, 3.05) is 0 Å². The second kappa shape index (κ2) is 12.0. The van der Waals surface area contributed by atoms with Gasteiger partial charge < -0.3 is 14.9 Å². The number of nitriles is 1. The van der Waals surface area contributed by atoms with Gasteiger partial charge in [-0.3, -0.25) is 9.78 Å². The van der Waals surface area contributed by atoms with Crippen molar-refractivity contribution >= 4 is 22.8 Å². The number of phenols is 2. The highest BCUT2D eigenvalue weighted by Gasteiger charge is 2.76. The number of fused-ring (bicyclic) bond motifs is 2. The molecular weight excluding hydrogens is 610 g/mol. The van der Waals surface area contributed by atoms with Crippen LogP contribution in [0.1, 0.15) is 62.9 Å². The Morgan fingerprint density at radius 3 is 2.35 bits per heavy atom. The predicted molar refractivity (Wildman–Crippen MR) is 181 cm³/mol. The number of allylic oxidation sites excluding steroid dienone is 1. The SMILES string of the molecule is Cc1c(CCC23CC(F)(F)C(C)C(C=Cc4ccc(-c5ccccc5C#N)cn4)C2(C(C)C)C(C)OC3=O)c(O)c2ccccc2c1O. The molecule has 0 radical (unpaired) electrons. The van der Waals surface area contributed by atoms with Crippen LogP contribution in [0, 0.1) is 46.8 Å². The molecule has 6 nitrogen and oxygen atoms in total. The first-order valence-electron chi connectivity index (χ1n) is 16.4. The second-order valence-electron chi connectivity index (χ2n) is 13.8. The van der Waals surface area contributed by atoms with Crippen LogP contribution in [0.2, 0.25) is 0 Å². The van der Waals surface area contributed by atoms with Crippen molar-refractivity contribution in [2.24, 2.45) is 28.6 Å². The molecule has 48 heavy (non-hydrogen) atoms. The zero-order chi connectivity index (χ0) is 34.6. The van der Waals surface area contributed by atoms with E-state index >= 15 is 8.78 Å². The summed E-state index contributed by atoms with van der Waals surface area (Å²) in [4.78, 5) is 18.6. The summed E-state index contributed by atoms with van der Waals surface area (Å²) >= 11 is 0. The number of cyclic esters (lactones) is 1. The number of alkyl halides is 2. The van der Waals surface area contributed by atoms with Crippen molar-refractivity contribution in [3.63, 3.8) is 0 Å². The topological polar surface area (TPSA) is 103 Å². The largest absolute Gasteiger partial charge is 0.507 e. The molecule has 5 unspecified atom stereocenters. The van der Waals surface area contributed by atoms with E-state index in [1.807, 2.05) is 32.0 Å². The quantitative estimate of drug-likeness (QED) is 0.153. The standard InChI is InChI=1S/C40H40F2N2O4/c1-23(2)40-26(5)48-37(47)38(40,19-18-30-24(3)35(45)32-12-8-9-13-33(32)36(30)46)22-39(41,42)25(4)34(40)17-16-29-15-14-28(21-44-29)31-11-7-6-10-27(31)20-43/h6-17,21,23,25-26,34,45-46H,18-19,22H2,1-5H3. The molecule has 1 saturated carbocycles. The Kier molecular flexibility index (Phi) is 8.31. The molecular formula is C40H40F2N2O4. The van der Waals surface area contributed by atoms with Crippen LogP contribution in [-0.4, -0.2) is 33.2 Å². The Labute approximate surface area is 279 Å². The van der Waals surface area contributed by atoms with E-state index in [-0.39, 0.29) is 30.3 Å². The maximum atomic E-state index is 16.3. The highest BCUT2D eigenvalue weighted by molar-refractivity contribution is 5.95. The summed E-state index contributed by atoms with van der Waals surface area (Å²) in [6.45, 7) is 8.98. The summed E-state index contributed by atoms with van der Waals surface area (Å²) in [6.07, 6.45) is 3.97. The molecule has 1 aliphatic heterocycles. The maximum absolute atomic E-state index is 16.3. The molecule has 3 aromatic carbocycles. The van der Waals surface area contributed by atoms with Crippen LogP contribution < -0.4 is 0 Å². The molecule has 0 spiro atoms. The summed E-state index contributed by atoms with van der Waals surface area (Å²) in [6, 6.07) is 20.0. The highest BCUT2D eigenvalue weighted by atomic mass is 19.3. The number of ether oxygens (including phenoxy) is 1. The number of phenolic OH excluding ortho intramolecular Hbond substituents is 2. The molecule has 0 bridgehead atoms. The molecule has 5 atom stereocenters. The number of halogens is 2. The fourth-order valence-electron chi connectivity index (χ4n) is 9.05. The van der Waals surface area contributed by atoms with Gasteiger partial charge in [0.05, 0.1) is 22.7 Å². The van der Waals surface area contributed by atoms with E-state index in [2.05, 4.69) is 11.1 Å². The van der Waals surface area contributed by atoms with Gasteiger partial charge in [0.1, 0.15) is 17.6 Å². The van der Waals surface area contributed by atoms with Gasteiger partial charge in [-0.1, -0.05) is 75.4 Å². The van der Waals surface area contributed by atoms with Gasteiger partial charge in [-0.05, 0) is 62.3 Å². The van der Waals surface area contributed by atoms with Gasteiger partial charge in [0.25, 0.3) is 5.92 Å². The number of carbonyl (C=O) groups excluding carboxylic acids is 1. The van der Waals surface area contributed by atoms with E-state index in [9.17, 15) is 20.3 Å². The Balaban J connectivity index is 1.42. The number of pyridine rings is 1. The summed E-state index contributed by atoms with van der Waals surface area (Å²) in [5, 5.41) is 32.8. The van der Waals surface area contributed by atoms with E-state index in [0.717, 1.165) is 11.1 Å². The minimum Gasteiger partial charge on any atom is -0.507 e. The summed E-state index contributed by atoms with van der Waals surface area (Å²) in [5.41, 5.74) is 0.921. The van der Waals surface area contributed by atoms with Crippen LogP contribution in [-0.2, 0) is 16.0 Å². The molecule has 4 aromatic rings. The third-order valence-corrected chi connectivity index (χ3v) is 11.4. The van der Waals surface area contributed by atoms with Crippen molar-refractivity contribution in [3.8, 4) is 28.7 Å². The first-order chi connectivity index (χ1) is 22.8. The highest BCUT2D eigenvalue weighted by Crippen LogP contribution is 2.70. The summed E-state index contributed by atoms with van der Waals surface area (Å²) in [5.74, 6) is -5.94. The van der Waals surface area contributed by atoms with E-state index < -0.39 is 47.1 Å². The van der Waals surface area contributed by atoms with Crippen LogP contribution in [0.4, 0.5) is 8.78 Å². The first-order valence-corrected chi connectivity index (χ1v) is 16.4. The summed E-state index contributed by atoms with van der Waals surface area (Å²) in [7, 11) is 0. The van der Waals surface area contributed by atoms with Gasteiger partial charge in [-0.15, -0.1) is 0 Å². The maximum Gasteiger partial charge on any atom is 0.313 e. The van der Waals surface area contributed by atoms with Gasteiger partial charge in [0, 0.05) is 51.4 Å². The zero-order valence-electron chi connectivity index (χ0n) is 27.8. The number of esters is 1. The van der Waals surface area contributed by atoms with E-state index in [1.165, 1.54) is 0 Å². The Hall–Kier alpha value is -4.77. The Morgan fingerprint density at radius 2 is 1.71 bits per heavy atom. The van der Waals surface area contributed by atoms with E-state index in [4.69, 9.17) is 4.74 Å². The molecule has 8 heteroatoms. The Bertz CT molecular complexity index is 1960. The van der Waals surface area contributed by atoms with Crippen LogP contribution in [0.3, 0.4) is 0 Å². The van der Waals surface area contributed by atoms with Crippen molar-refractivity contribution in [2.45, 2.75) is 65.9 Å². The van der Waals surface area contributed by atoms with Crippen molar-refractivity contribution < 1.29 is 28.5 Å². The normalized spacial score (nSPS) is 26.5. The average molecular weight is 651 g/mol. The van der Waals surface area contributed by atoms with Gasteiger partial charge in [0.15, 0.2) is 0 Å². The lowest BCUT2D eigenvalue weighted by molar-refractivity contribution is -0.209. The number of carbonyl (C=O) groups is 1. The number of benzene rings is 3. The van der Waals surface area contributed by atoms with Crippen LogP contribution in [0.25, 0.3) is 28.0 Å². The third kappa shape index (κ3) is 4.86. The third-order valence-electron chi connectivity index (χ3n) is 11.4. The molecule has 2 heterocycles. The van der Waals surface area contributed by atoms with Crippen molar-refractivity contribution in [3.05, 3.63) is 95.3 Å². The number of rotatable bonds is 7. The molecule has 1 aromatic heterocycles. The first kappa shape index (κ1) is 33.1. The lowest BCUT2D eigenvalue weighted by atomic mass is 9.43. The second-order valence-corrected chi connectivity index (χ2v) is 13.8. The minimum atomic E-state index is -3.20. The number of hydrogen-bond donors (Lipinski definition) is 2. The van der Waals surface area contributed by atoms with E-state index in [0.29, 0.717) is 33.2 Å². The molecule has 6 rings (SSSR count). The molecule has 0 amide bonds. The number of nitrogens with zero attached hydrogens (tertiary/aromatic N) is 2. The molecule has 248 valence electrons. The smallest absolute Gasteiger partial charge is 0.313 e. The molecule has 2 N–H and O–H groups in total. The fourth-order valence-corrected chi connectivity index (χ4v) is 9.05. The van der Waals surface area contributed by atoms with Crippen molar-refractivity contribution in [1.82, 2.24) is 4.98 Å². The summed E-state index contributed by atoms with van der Waals surface area (Å²) < 4.78 is 38.5. The minimum absolute atomic E-state index is 0.0123. The van der Waals surface area contributed by atoms with Crippen LogP contribution in [0.15, 0.2) is 72.9 Å². The van der Waals surface area contributed by atoms with Gasteiger partial charge in [-0.25, -0.2) is 8.78 Å². The van der Waals surface area contributed by atoms with Gasteiger partial charge >= 0.3 is 5.97 Å². The molecule has 2 aliphatic rings. The number of aromatic nitrogens is 1. The number of aromatic hydroxyl groups is 2. The zero-order valence-corrected chi connectivity index (χ0v) is 27.8. The molecule has 2 fully saturated rings. The predicted octanol–water partition coefficient (Wildman–Crippen LogP) is 9.00. The Morgan fingerprint density at radius 1 is 1.04 bits per heavy atom. The monoisotopic (exact) mass is 650 g/mol. The van der Waals surface area contributed by atoms with Gasteiger partial charge in [-0.2, -0.15) is 5.26 Å². The molecule has 1 aliphatic carbocycles. The fraction of sp³-hybridized carbons (Fsp3) is 0.375. The van der Waals surface area contributed by atoms with E-state index in [1.54, 1.807) is 81.6 Å². The van der Waals surface area contributed by atoms with Crippen molar-refractivity contribution in [1.29, 1.82) is 5.26 Å². The van der Waals surface area contributed by atoms with Crippen LogP contribution in [0.5, 0.6) is 11.5 Å². The lowest BCUT2D eigenvalue weighted by Crippen LogP contribution is -2.63. The van der Waals surface area contributed by atoms with Gasteiger partial charge in [0.2, 0.25) is 0 Å². The molecule has 1 saturated heterocycles. The average Bonchev–Trinajstić information content (AvgIpc) is 3.29. The number of hydrogen-bond acceptors (Lipinski definition) is 6. The van der Waals surface area contributed by atoms with Crippen LogP contribution >= 0.6 is 0 Å². The lowest BCUT2D eigenvalue weighted by Gasteiger charge is -2.58.